The first-order chi connectivity index (χ1) is 12.2. The maximum atomic E-state index is 4.89. The van der Waals surface area contributed by atoms with Crippen LogP contribution in [0.3, 0.4) is 0 Å². The third-order valence-corrected chi connectivity index (χ3v) is 5.86. The van der Waals surface area contributed by atoms with Crippen LogP contribution in [0.2, 0.25) is 0 Å². The molecule has 0 amide bonds. The molecule has 2 saturated carbocycles. The number of aryl methyl sites for hydroxylation is 2. The predicted molar refractivity (Wildman–Crippen MR) is 97.1 cm³/mol. The summed E-state index contributed by atoms with van der Waals surface area (Å²) in [5.41, 5.74) is 2.83. The lowest BCUT2D eigenvalue weighted by Gasteiger charge is -2.24. The lowest BCUT2D eigenvalue weighted by molar-refractivity contribution is 0.439. The van der Waals surface area contributed by atoms with Crippen molar-refractivity contribution in [2.75, 3.05) is 5.32 Å². The molecule has 1 N–H and O–H groups in total. The molecule has 3 aromatic heterocycles. The van der Waals surface area contributed by atoms with Crippen molar-refractivity contribution >= 4 is 16.9 Å². The molecule has 0 aromatic carbocycles. The summed E-state index contributed by atoms with van der Waals surface area (Å²) < 4.78 is 1.85. The molecule has 2 fully saturated rings. The summed E-state index contributed by atoms with van der Waals surface area (Å²) in [5.74, 6) is 3.34. The summed E-state index contributed by atoms with van der Waals surface area (Å²) in [6, 6.07) is 4.43. The molecule has 128 valence electrons. The minimum atomic E-state index is 0.529. The molecule has 5 rings (SSSR count). The Bertz CT molecular complexity index is 932. The molecule has 0 radical (unpaired) electrons. The van der Waals surface area contributed by atoms with Gasteiger partial charge < -0.3 is 5.32 Å². The van der Waals surface area contributed by atoms with Crippen LogP contribution in [-0.2, 0) is 7.05 Å². The monoisotopic (exact) mass is 334 g/mol. The summed E-state index contributed by atoms with van der Waals surface area (Å²) in [4.78, 5) is 13.8. The van der Waals surface area contributed by atoms with Crippen LogP contribution in [0.15, 0.2) is 24.5 Å². The zero-order chi connectivity index (χ0) is 17.0. The van der Waals surface area contributed by atoms with Gasteiger partial charge in [-0.2, -0.15) is 5.10 Å². The fourth-order valence-electron chi connectivity index (χ4n) is 4.67. The van der Waals surface area contributed by atoms with Crippen LogP contribution in [0.25, 0.3) is 22.4 Å². The molecule has 2 bridgehead atoms. The van der Waals surface area contributed by atoms with E-state index in [0.29, 0.717) is 6.04 Å². The maximum absolute atomic E-state index is 4.89. The first kappa shape index (κ1) is 14.8. The van der Waals surface area contributed by atoms with Crippen molar-refractivity contribution in [2.24, 2.45) is 18.9 Å². The Labute approximate surface area is 146 Å². The van der Waals surface area contributed by atoms with Crippen molar-refractivity contribution in [3.8, 4) is 11.4 Å². The van der Waals surface area contributed by atoms with Crippen LogP contribution in [0.4, 0.5) is 5.82 Å². The highest BCUT2D eigenvalue weighted by Gasteiger charge is 2.40. The molecule has 0 unspecified atom stereocenters. The number of hydrogen-bond acceptors (Lipinski definition) is 5. The summed E-state index contributed by atoms with van der Waals surface area (Å²) in [7, 11) is 1.94. The van der Waals surface area contributed by atoms with Gasteiger partial charge in [-0.25, -0.2) is 9.97 Å². The molecule has 0 saturated heterocycles. The van der Waals surface area contributed by atoms with E-state index in [1.807, 2.05) is 30.8 Å². The zero-order valence-corrected chi connectivity index (χ0v) is 14.6. The second-order valence-corrected chi connectivity index (χ2v) is 7.47. The molecule has 0 spiro atoms. The van der Waals surface area contributed by atoms with Gasteiger partial charge in [0.1, 0.15) is 5.82 Å². The normalized spacial score (nSPS) is 25.0. The lowest BCUT2D eigenvalue weighted by atomic mass is 9.95. The van der Waals surface area contributed by atoms with Crippen molar-refractivity contribution < 1.29 is 0 Å². The fourth-order valence-corrected chi connectivity index (χ4v) is 4.67. The van der Waals surface area contributed by atoms with E-state index in [-0.39, 0.29) is 0 Å². The van der Waals surface area contributed by atoms with Crippen LogP contribution in [-0.4, -0.2) is 30.8 Å². The number of hydrogen-bond donors (Lipinski definition) is 1. The summed E-state index contributed by atoms with van der Waals surface area (Å²) in [5, 5.41) is 9.37. The van der Waals surface area contributed by atoms with Gasteiger partial charge in [0.2, 0.25) is 0 Å². The first-order valence-corrected chi connectivity index (χ1v) is 9.07. The van der Waals surface area contributed by atoms with E-state index < -0.39 is 0 Å². The molecule has 2 aliphatic carbocycles. The average Bonchev–Trinajstić information content (AvgIpc) is 3.31. The quantitative estimate of drug-likeness (QED) is 0.795. The maximum Gasteiger partial charge on any atom is 0.164 e. The minimum absolute atomic E-state index is 0.529. The van der Waals surface area contributed by atoms with Gasteiger partial charge in [-0.3, -0.25) is 9.67 Å². The number of nitrogens with zero attached hydrogens (tertiary/aromatic N) is 5. The van der Waals surface area contributed by atoms with Gasteiger partial charge in [0.05, 0.1) is 11.1 Å². The summed E-state index contributed by atoms with van der Waals surface area (Å²) >= 11 is 0. The Kier molecular flexibility index (Phi) is 3.26. The molecule has 6 nitrogen and oxygen atoms in total. The highest BCUT2D eigenvalue weighted by Crippen LogP contribution is 2.46. The SMILES string of the molecule is Cc1nn(C)c2nc(-c3ccncc3)nc(N[C@@H]3C[C@H]4CC[C@@H]3C4)c12. The summed E-state index contributed by atoms with van der Waals surface area (Å²) in [6.45, 7) is 2.03. The van der Waals surface area contributed by atoms with Gasteiger partial charge in [0.25, 0.3) is 0 Å². The topological polar surface area (TPSA) is 68.5 Å². The Hall–Kier alpha value is -2.50. The van der Waals surface area contributed by atoms with Crippen molar-refractivity contribution in [2.45, 2.75) is 38.6 Å². The molecule has 25 heavy (non-hydrogen) atoms. The molecule has 2 aliphatic rings. The highest BCUT2D eigenvalue weighted by molar-refractivity contribution is 5.91. The second kappa shape index (κ2) is 5.51. The average molecular weight is 334 g/mol. The van der Waals surface area contributed by atoms with Crippen LogP contribution in [0.1, 0.15) is 31.4 Å². The van der Waals surface area contributed by atoms with Crippen LogP contribution >= 0.6 is 0 Å². The van der Waals surface area contributed by atoms with E-state index >= 15 is 0 Å². The van der Waals surface area contributed by atoms with Gasteiger partial charge in [0.15, 0.2) is 11.5 Å². The van der Waals surface area contributed by atoms with E-state index in [9.17, 15) is 0 Å². The third-order valence-electron chi connectivity index (χ3n) is 5.86. The molecule has 3 heterocycles. The lowest BCUT2D eigenvalue weighted by Crippen LogP contribution is -2.26. The smallest absolute Gasteiger partial charge is 0.164 e. The molecular formula is C19H22N6. The van der Waals surface area contributed by atoms with E-state index in [1.165, 1.54) is 25.7 Å². The number of fused-ring (bicyclic) bond motifs is 3. The van der Waals surface area contributed by atoms with E-state index in [4.69, 9.17) is 9.97 Å². The standard InChI is InChI=1S/C19H22N6/c1-11-16-18(21-15-10-12-3-4-14(15)9-12)22-17(13-5-7-20-8-6-13)23-19(16)25(2)24-11/h5-8,12,14-15H,3-4,9-10H2,1-2H3,(H,21,22,23)/t12-,14+,15+/m0/s1. The summed E-state index contributed by atoms with van der Waals surface area (Å²) in [6.07, 6.45) is 8.94. The Morgan fingerprint density at radius 2 is 1.96 bits per heavy atom. The molecule has 6 heteroatoms. The van der Waals surface area contributed by atoms with Crippen molar-refractivity contribution in [1.29, 1.82) is 0 Å². The highest BCUT2D eigenvalue weighted by atomic mass is 15.3. The van der Waals surface area contributed by atoms with E-state index in [2.05, 4.69) is 15.4 Å². The van der Waals surface area contributed by atoms with Gasteiger partial charge in [-0.1, -0.05) is 6.42 Å². The molecule has 3 aromatic rings. The fraction of sp³-hybridized carbons (Fsp3) is 0.474. The third kappa shape index (κ3) is 2.39. The van der Waals surface area contributed by atoms with E-state index in [0.717, 1.165) is 45.8 Å². The van der Waals surface area contributed by atoms with Crippen molar-refractivity contribution in [3.63, 3.8) is 0 Å². The Balaban J connectivity index is 1.62. The zero-order valence-electron chi connectivity index (χ0n) is 14.6. The largest absolute Gasteiger partial charge is 0.366 e. The number of anilines is 1. The number of rotatable bonds is 3. The molecule has 3 atom stereocenters. The van der Waals surface area contributed by atoms with Crippen LogP contribution < -0.4 is 5.32 Å². The van der Waals surface area contributed by atoms with Crippen molar-refractivity contribution in [3.05, 3.63) is 30.2 Å². The van der Waals surface area contributed by atoms with Crippen LogP contribution in [0.5, 0.6) is 0 Å². The number of pyridine rings is 1. The van der Waals surface area contributed by atoms with Crippen LogP contribution in [0, 0.1) is 18.8 Å². The predicted octanol–water partition coefficient (Wildman–Crippen LogP) is 3.33. The minimum Gasteiger partial charge on any atom is -0.366 e. The Morgan fingerprint density at radius 1 is 1.12 bits per heavy atom. The molecular weight excluding hydrogens is 312 g/mol. The molecule has 0 aliphatic heterocycles. The number of aromatic nitrogens is 5. The van der Waals surface area contributed by atoms with Gasteiger partial charge >= 0.3 is 0 Å². The van der Waals surface area contributed by atoms with Gasteiger partial charge in [-0.15, -0.1) is 0 Å². The second-order valence-electron chi connectivity index (χ2n) is 7.47. The Morgan fingerprint density at radius 3 is 2.68 bits per heavy atom. The number of nitrogens with one attached hydrogen (secondary N) is 1. The van der Waals surface area contributed by atoms with E-state index in [1.54, 1.807) is 12.4 Å². The van der Waals surface area contributed by atoms with Gasteiger partial charge in [-0.05, 0) is 50.2 Å². The van der Waals surface area contributed by atoms with Gasteiger partial charge in [0, 0.05) is 31.0 Å². The van der Waals surface area contributed by atoms with Crippen molar-refractivity contribution in [1.82, 2.24) is 24.7 Å². The first-order valence-electron chi connectivity index (χ1n) is 9.07.